The van der Waals surface area contributed by atoms with Gasteiger partial charge in [-0.3, -0.25) is 9.69 Å². The normalized spacial score (nSPS) is 11.0. The zero-order valence-electron chi connectivity index (χ0n) is 14.5. The summed E-state index contributed by atoms with van der Waals surface area (Å²) in [6, 6.07) is 4.06. The Labute approximate surface area is 159 Å². The topological polar surface area (TPSA) is 129 Å². The molecule has 158 valence electrons. The molecule has 2 rings (SSSR count). The zero-order valence-corrected chi connectivity index (χ0v) is 14.5. The molecule has 29 heavy (non-hydrogen) atoms. The Morgan fingerprint density at radius 2 is 1.66 bits per heavy atom. The average molecular weight is 423 g/mol. The molecule has 0 aliphatic rings. The fraction of sp³-hybridized carbons (Fsp3) is 0.333. The van der Waals surface area contributed by atoms with Crippen molar-refractivity contribution in [2.24, 2.45) is 0 Å². The molecule has 0 amide bonds. The fourth-order valence-electron chi connectivity index (χ4n) is 1.97. The first-order valence-electron chi connectivity index (χ1n) is 7.63. The van der Waals surface area contributed by atoms with Gasteiger partial charge in [-0.15, -0.1) is 20.4 Å². The van der Waals surface area contributed by atoms with Crippen molar-refractivity contribution in [3.63, 3.8) is 0 Å². The molecule has 0 atom stereocenters. The Morgan fingerprint density at radius 3 is 2.14 bits per heavy atom. The predicted octanol–water partition coefficient (Wildman–Crippen LogP) is 1.56. The molecule has 0 spiro atoms. The van der Waals surface area contributed by atoms with E-state index in [0.29, 0.717) is 11.1 Å². The second-order valence-corrected chi connectivity index (χ2v) is 5.31. The molecule has 1 aromatic carbocycles. The Hall–Kier alpha value is -3.29. The minimum atomic E-state index is -5.08. The van der Waals surface area contributed by atoms with Gasteiger partial charge in [0.1, 0.15) is 12.5 Å². The molecule has 0 saturated carbocycles. The number of nitrogens with zero attached hydrogens (tertiary/aromatic N) is 5. The highest BCUT2D eigenvalue weighted by molar-refractivity contribution is 5.73. The van der Waals surface area contributed by atoms with Gasteiger partial charge < -0.3 is 10.2 Å². The van der Waals surface area contributed by atoms with E-state index in [1.807, 2.05) is 0 Å². The molecule has 0 aliphatic carbocycles. The smallest absolute Gasteiger partial charge is 0.480 e. The molecule has 0 saturated heterocycles. The summed E-state index contributed by atoms with van der Waals surface area (Å²) in [4.78, 5) is 21.0. The lowest BCUT2D eigenvalue weighted by Crippen LogP contribution is -2.31. The summed E-state index contributed by atoms with van der Waals surface area (Å²) in [6.45, 7) is -0.983. The number of rotatable bonds is 7. The molecule has 2 aromatic rings. The number of benzene rings is 1. The number of carboxylic acids is 2. The van der Waals surface area contributed by atoms with Crippen LogP contribution in [0.3, 0.4) is 0 Å². The minimum Gasteiger partial charge on any atom is -0.480 e. The SMILES string of the molecule is O=C(O)C(F)(F)F.O=C(O)CN(CCF)Cc1cc(F)cc(-c2nncnn2)c1. The highest BCUT2D eigenvalue weighted by Gasteiger charge is 2.38. The summed E-state index contributed by atoms with van der Waals surface area (Å²) in [6.07, 6.45) is -3.93. The van der Waals surface area contributed by atoms with Crippen LogP contribution in [-0.4, -0.2) is 73.4 Å². The van der Waals surface area contributed by atoms with Crippen LogP contribution >= 0.6 is 0 Å². The average Bonchev–Trinajstić information content (AvgIpc) is 2.61. The number of hydrogen-bond donors (Lipinski definition) is 2. The summed E-state index contributed by atoms with van der Waals surface area (Å²) in [5.74, 6) is -4.22. The van der Waals surface area contributed by atoms with Gasteiger partial charge in [-0.25, -0.2) is 13.6 Å². The Balaban J connectivity index is 0.000000516. The van der Waals surface area contributed by atoms with Crippen LogP contribution in [0.4, 0.5) is 22.0 Å². The van der Waals surface area contributed by atoms with E-state index in [0.717, 1.165) is 6.33 Å². The van der Waals surface area contributed by atoms with Crippen LogP contribution in [0.1, 0.15) is 5.56 Å². The van der Waals surface area contributed by atoms with Gasteiger partial charge in [0.25, 0.3) is 0 Å². The third kappa shape index (κ3) is 8.96. The van der Waals surface area contributed by atoms with Crippen LogP contribution in [0, 0.1) is 5.82 Å². The summed E-state index contributed by atoms with van der Waals surface area (Å²) in [5, 5.41) is 30.5. The van der Waals surface area contributed by atoms with Gasteiger partial charge in [-0.05, 0) is 23.8 Å². The Kier molecular flexibility index (Phi) is 8.92. The standard InChI is InChI=1S/C13H13F2N5O2.C2HF3O2/c14-1-2-20(7-12(21)22)6-9-3-10(5-11(15)4-9)13-18-16-8-17-19-13;3-2(4,5)1(6)7/h3-5,8H,1-2,6-7H2,(H,21,22);(H,6,7). The summed E-state index contributed by atoms with van der Waals surface area (Å²) in [5.41, 5.74) is 0.850. The predicted molar refractivity (Wildman–Crippen MR) is 85.6 cm³/mol. The Bertz CT molecular complexity index is 822. The van der Waals surface area contributed by atoms with E-state index in [2.05, 4.69) is 20.4 Å². The van der Waals surface area contributed by atoms with Gasteiger partial charge in [0.05, 0.1) is 6.54 Å². The van der Waals surface area contributed by atoms with Crippen molar-refractivity contribution in [3.05, 3.63) is 35.9 Å². The van der Waals surface area contributed by atoms with Gasteiger partial charge in [-0.2, -0.15) is 13.2 Å². The van der Waals surface area contributed by atoms with E-state index in [1.54, 1.807) is 6.07 Å². The van der Waals surface area contributed by atoms with Crippen molar-refractivity contribution >= 4 is 11.9 Å². The van der Waals surface area contributed by atoms with Gasteiger partial charge in [0.2, 0.25) is 5.82 Å². The first-order valence-corrected chi connectivity index (χ1v) is 7.63. The van der Waals surface area contributed by atoms with Crippen LogP contribution in [0.5, 0.6) is 0 Å². The maximum Gasteiger partial charge on any atom is 0.490 e. The number of aromatic nitrogens is 4. The quantitative estimate of drug-likeness (QED) is 0.637. The summed E-state index contributed by atoms with van der Waals surface area (Å²) >= 11 is 0. The number of carbonyl (C=O) groups is 2. The van der Waals surface area contributed by atoms with Gasteiger partial charge >= 0.3 is 18.1 Å². The van der Waals surface area contributed by atoms with Crippen molar-refractivity contribution in [2.75, 3.05) is 19.8 Å². The second kappa shape index (κ2) is 10.9. The highest BCUT2D eigenvalue weighted by atomic mass is 19.4. The Morgan fingerprint density at radius 1 is 1.07 bits per heavy atom. The van der Waals surface area contributed by atoms with Crippen molar-refractivity contribution in [1.82, 2.24) is 25.3 Å². The summed E-state index contributed by atoms with van der Waals surface area (Å²) in [7, 11) is 0. The van der Waals surface area contributed by atoms with E-state index in [9.17, 15) is 26.7 Å². The molecule has 0 radical (unpaired) electrons. The number of aliphatic carboxylic acids is 2. The molecule has 1 heterocycles. The first kappa shape index (κ1) is 23.7. The molecular formula is C15H14F5N5O4. The van der Waals surface area contributed by atoms with Crippen LogP contribution in [-0.2, 0) is 16.1 Å². The first-order chi connectivity index (χ1) is 13.5. The van der Waals surface area contributed by atoms with Crippen molar-refractivity contribution < 1.29 is 41.8 Å². The molecular weight excluding hydrogens is 409 g/mol. The lowest BCUT2D eigenvalue weighted by molar-refractivity contribution is -0.192. The largest absolute Gasteiger partial charge is 0.490 e. The van der Waals surface area contributed by atoms with Crippen LogP contribution < -0.4 is 0 Å². The highest BCUT2D eigenvalue weighted by Crippen LogP contribution is 2.18. The molecule has 0 aliphatic heterocycles. The maximum absolute atomic E-state index is 13.7. The number of alkyl halides is 4. The molecule has 9 nitrogen and oxygen atoms in total. The lowest BCUT2D eigenvalue weighted by atomic mass is 10.1. The van der Waals surface area contributed by atoms with E-state index >= 15 is 0 Å². The molecule has 0 bridgehead atoms. The van der Waals surface area contributed by atoms with E-state index in [4.69, 9.17) is 15.0 Å². The third-order valence-electron chi connectivity index (χ3n) is 3.03. The van der Waals surface area contributed by atoms with Crippen LogP contribution in [0.25, 0.3) is 11.4 Å². The molecule has 0 fully saturated rings. The lowest BCUT2D eigenvalue weighted by Gasteiger charge is -2.19. The number of halogens is 5. The molecule has 14 heteroatoms. The third-order valence-corrected chi connectivity index (χ3v) is 3.03. The van der Waals surface area contributed by atoms with Crippen molar-refractivity contribution in [1.29, 1.82) is 0 Å². The molecule has 0 unspecified atom stereocenters. The maximum atomic E-state index is 13.7. The van der Waals surface area contributed by atoms with Crippen molar-refractivity contribution in [2.45, 2.75) is 12.7 Å². The van der Waals surface area contributed by atoms with Gasteiger partial charge in [-0.1, -0.05) is 0 Å². The van der Waals surface area contributed by atoms with Gasteiger partial charge in [0, 0.05) is 18.7 Å². The monoisotopic (exact) mass is 423 g/mol. The molecule has 2 N–H and O–H groups in total. The van der Waals surface area contributed by atoms with Crippen LogP contribution in [0.2, 0.25) is 0 Å². The molecule has 1 aromatic heterocycles. The van der Waals surface area contributed by atoms with Crippen LogP contribution in [0.15, 0.2) is 24.5 Å². The zero-order chi connectivity index (χ0) is 22.0. The second-order valence-electron chi connectivity index (χ2n) is 5.31. The van der Waals surface area contributed by atoms with Crippen molar-refractivity contribution in [3.8, 4) is 11.4 Å². The van der Waals surface area contributed by atoms with E-state index in [1.165, 1.54) is 17.0 Å². The van der Waals surface area contributed by atoms with E-state index in [-0.39, 0.29) is 25.5 Å². The summed E-state index contributed by atoms with van der Waals surface area (Å²) < 4.78 is 57.9. The van der Waals surface area contributed by atoms with Gasteiger partial charge in [0.15, 0.2) is 6.33 Å². The fourth-order valence-corrected chi connectivity index (χ4v) is 1.97. The number of hydrogen-bond acceptors (Lipinski definition) is 7. The van der Waals surface area contributed by atoms with E-state index < -0.39 is 30.6 Å². The minimum absolute atomic E-state index is 0.0525. The number of carboxylic acid groups (broad SMARTS) is 2.